The molecule has 5 heteroatoms. The average Bonchev–Trinajstić information content (AvgIpc) is 2.57. The first kappa shape index (κ1) is 14.9. The number of carbonyl (C=O) groups excluding carboxylic acids is 1. The predicted molar refractivity (Wildman–Crippen MR) is 75.1 cm³/mol. The summed E-state index contributed by atoms with van der Waals surface area (Å²) in [6.07, 6.45) is 0. The van der Waals surface area contributed by atoms with Crippen molar-refractivity contribution in [2.45, 2.75) is 27.3 Å². The van der Waals surface area contributed by atoms with Gasteiger partial charge in [0, 0.05) is 11.4 Å². The van der Waals surface area contributed by atoms with Crippen molar-refractivity contribution in [3.05, 3.63) is 47.3 Å². The van der Waals surface area contributed by atoms with Crippen molar-refractivity contribution in [2.75, 3.05) is 5.32 Å². The number of aromatic nitrogens is 2. The molecule has 0 bridgehead atoms. The van der Waals surface area contributed by atoms with Crippen LogP contribution in [0, 0.1) is 20.8 Å². The Morgan fingerprint density at radius 1 is 1.26 bits per heavy atom. The number of aryl methyl sites for hydroxylation is 3. The zero-order valence-corrected chi connectivity index (χ0v) is 11.4. The number of rotatable bonds is 3. The Kier molecular flexibility index (Phi) is 4.83. The zero-order chi connectivity index (χ0) is 13.1. The third-order valence-electron chi connectivity index (χ3n) is 2.70. The highest BCUT2D eigenvalue weighted by molar-refractivity contribution is 5.90. The highest BCUT2D eigenvalue weighted by Crippen LogP contribution is 2.10. The van der Waals surface area contributed by atoms with E-state index in [9.17, 15) is 4.79 Å². The minimum atomic E-state index is -0.0631. The van der Waals surface area contributed by atoms with Crippen LogP contribution in [0.25, 0.3) is 0 Å². The van der Waals surface area contributed by atoms with Gasteiger partial charge in [0.05, 0.1) is 5.69 Å². The molecule has 2 aromatic rings. The summed E-state index contributed by atoms with van der Waals surface area (Å²) in [5.74, 6) is -0.0631. The van der Waals surface area contributed by atoms with Crippen molar-refractivity contribution < 1.29 is 10.3 Å². The van der Waals surface area contributed by atoms with E-state index in [-0.39, 0.29) is 17.9 Å². The molecule has 0 spiro atoms. The van der Waals surface area contributed by atoms with Gasteiger partial charge >= 0.3 is 0 Å². The van der Waals surface area contributed by atoms with Crippen LogP contribution in [0.4, 0.5) is 5.69 Å². The molecule has 102 valence electrons. The van der Waals surface area contributed by atoms with Gasteiger partial charge in [-0.25, -0.2) is 0 Å². The molecule has 3 N–H and O–H groups in total. The molecule has 0 aliphatic carbocycles. The normalized spacial score (nSPS) is 9.84. The van der Waals surface area contributed by atoms with E-state index in [4.69, 9.17) is 0 Å². The van der Waals surface area contributed by atoms with Crippen LogP contribution in [0.2, 0.25) is 0 Å². The van der Waals surface area contributed by atoms with Crippen LogP contribution in [0.15, 0.2) is 30.3 Å². The number of amides is 1. The van der Waals surface area contributed by atoms with Gasteiger partial charge in [0.2, 0.25) is 5.91 Å². The minimum absolute atomic E-state index is 0. The van der Waals surface area contributed by atoms with Crippen LogP contribution < -0.4 is 5.32 Å². The van der Waals surface area contributed by atoms with Crippen molar-refractivity contribution in [1.29, 1.82) is 0 Å². The highest BCUT2D eigenvalue weighted by atomic mass is 16.2. The smallest absolute Gasteiger partial charge is 0.246 e. The van der Waals surface area contributed by atoms with E-state index in [1.54, 1.807) is 4.68 Å². The summed E-state index contributed by atoms with van der Waals surface area (Å²) in [6.45, 7) is 6.10. The van der Waals surface area contributed by atoms with Gasteiger partial charge in [-0.2, -0.15) is 5.10 Å². The number of carbonyl (C=O) groups is 1. The topological polar surface area (TPSA) is 78.4 Å². The quantitative estimate of drug-likeness (QED) is 0.911. The number of hydrogen-bond acceptors (Lipinski definition) is 2. The third kappa shape index (κ3) is 3.93. The molecule has 1 aromatic carbocycles. The summed E-state index contributed by atoms with van der Waals surface area (Å²) in [7, 11) is 0. The molecule has 0 unspecified atom stereocenters. The van der Waals surface area contributed by atoms with E-state index in [1.807, 2.05) is 51.1 Å². The lowest BCUT2D eigenvalue weighted by atomic mass is 10.2. The first-order valence-corrected chi connectivity index (χ1v) is 5.92. The van der Waals surface area contributed by atoms with Gasteiger partial charge in [0.1, 0.15) is 6.54 Å². The Morgan fingerprint density at radius 3 is 2.58 bits per heavy atom. The maximum atomic E-state index is 11.9. The van der Waals surface area contributed by atoms with Crippen LogP contribution in [0.3, 0.4) is 0 Å². The number of nitrogens with zero attached hydrogens (tertiary/aromatic N) is 2. The zero-order valence-electron chi connectivity index (χ0n) is 11.4. The molecule has 2 rings (SSSR count). The van der Waals surface area contributed by atoms with Crippen LogP contribution in [0.5, 0.6) is 0 Å². The van der Waals surface area contributed by atoms with E-state index in [0.29, 0.717) is 0 Å². The molecule has 19 heavy (non-hydrogen) atoms. The van der Waals surface area contributed by atoms with Crippen molar-refractivity contribution in [3.63, 3.8) is 0 Å². The largest absolute Gasteiger partial charge is 0.412 e. The Balaban J connectivity index is 0.00000180. The molecule has 1 aromatic heterocycles. The average molecular weight is 261 g/mol. The molecule has 1 heterocycles. The molecule has 0 atom stereocenters. The van der Waals surface area contributed by atoms with Gasteiger partial charge in [0.15, 0.2) is 0 Å². The van der Waals surface area contributed by atoms with Crippen LogP contribution in [0.1, 0.15) is 17.0 Å². The van der Waals surface area contributed by atoms with E-state index in [2.05, 4.69) is 10.4 Å². The van der Waals surface area contributed by atoms with E-state index in [1.165, 1.54) is 0 Å². The number of nitrogens with one attached hydrogen (secondary N) is 1. The van der Waals surface area contributed by atoms with E-state index >= 15 is 0 Å². The predicted octanol–water partition coefficient (Wildman–Crippen LogP) is 1.62. The first-order chi connectivity index (χ1) is 8.54. The van der Waals surface area contributed by atoms with E-state index in [0.717, 1.165) is 22.6 Å². The maximum Gasteiger partial charge on any atom is 0.246 e. The second kappa shape index (κ2) is 6.15. The molecule has 0 saturated heterocycles. The summed E-state index contributed by atoms with van der Waals surface area (Å²) < 4.78 is 1.71. The van der Waals surface area contributed by atoms with Gasteiger partial charge in [-0.15, -0.1) is 0 Å². The third-order valence-corrected chi connectivity index (χ3v) is 2.70. The van der Waals surface area contributed by atoms with Crippen LogP contribution in [-0.2, 0) is 11.3 Å². The van der Waals surface area contributed by atoms with Crippen molar-refractivity contribution in [2.24, 2.45) is 0 Å². The van der Waals surface area contributed by atoms with Gasteiger partial charge in [-0.3, -0.25) is 9.48 Å². The standard InChI is InChI=1S/C14H17N3O.H2O/c1-10-5-4-6-13(7-10)15-14(18)9-17-12(3)8-11(2)16-17;/h4-8H,9H2,1-3H3,(H,15,18);1H2. The molecular weight excluding hydrogens is 242 g/mol. The fourth-order valence-corrected chi connectivity index (χ4v) is 1.89. The lowest BCUT2D eigenvalue weighted by molar-refractivity contribution is -0.116. The fourth-order valence-electron chi connectivity index (χ4n) is 1.89. The van der Waals surface area contributed by atoms with Crippen molar-refractivity contribution in [1.82, 2.24) is 9.78 Å². The molecule has 0 radical (unpaired) electrons. The van der Waals surface area contributed by atoms with E-state index < -0.39 is 0 Å². The van der Waals surface area contributed by atoms with Gasteiger partial charge in [-0.05, 0) is 44.5 Å². The number of benzene rings is 1. The van der Waals surface area contributed by atoms with Gasteiger partial charge in [0.25, 0.3) is 0 Å². The molecule has 0 aliphatic rings. The minimum Gasteiger partial charge on any atom is -0.412 e. The number of anilines is 1. The summed E-state index contributed by atoms with van der Waals surface area (Å²) >= 11 is 0. The molecule has 0 fully saturated rings. The summed E-state index contributed by atoms with van der Waals surface area (Å²) in [6, 6.07) is 9.70. The Labute approximate surface area is 112 Å². The monoisotopic (exact) mass is 261 g/mol. The van der Waals surface area contributed by atoms with Crippen LogP contribution in [-0.4, -0.2) is 21.2 Å². The fraction of sp³-hybridized carbons (Fsp3) is 0.286. The SMILES string of the molecule is Cc1cccc(NC(=O)Cn2nc(C)cc2C)c1.O. The van der Waals surface area contributed by atoms with Gasteiger partial charge in [-0.1, -0.05) is 12.1 Å². The van der Waals surface area contributed by atoms with Crippen molar-refractivity contribution in [3.8, 4) is 0 Å². The lowest BCUT2D eigenvalue weighted by Crippen LogP contribution is -2.20. The second-order valence-corrected chi connectivity index (χ2v) is 4.50. The van der Waals surface area contributed by atoms with Crippen molar-refractivity contribution >= 4 is 11.6 Å². The Bertz CT molecular complexity index is 576. The Morgan fingerprint density at radius 2 is 2.00 bits per heavy atom. The Hall–Kier alpha value is -2.14. The molecule has 0 saturated carbocycles. The molecule has 5 nitrogen and oxygen atoms in total. The summed E-state index contributed by atoms with van der Waals surface area (Å²) in [4.78, 5) is 11.9. The lowest BCUT2D eigenvalue weighted by Gasteiger charge is -2.07. The molecular formula is C14H19N3O2. The van der Waals surface area contributed by atoms with Gasteiger partial charge < -0.3 is 10.8 Å². The summed E-state index contributed by atoms with van der Waals surface area (Å²) in [5, 5.41) is 7.13. The summed E-state index contributed by atoms with van der Waals surface area (Å²) in [5.41, 5.74) is 3.86. The van der Waals surface area contributed by atoms with Crippen LogP contribution >= 0.6 is 0 Å². The molecule has 1 amide bonds. The molecule has 0 aliphatic heterocycles. The maximum absolute atomic E-state index is 11.9. The highest BCUT2D eigenvalue weighted by Gasteiger charge is 2.07. The number of hydrogen-bond donors (Lipinski definition) is 1. The first-order valence-electron chi connectivity index (χ1n) is 5.92. The second-order valence-electron chi connectivity index (χ2n) is 4.50.